The van der Waals surface area contributed by atoms with Crippen molar-refractivity contribution in [2.45, 2.75) is 52.7 Å². The fourth-order valence-electron chi connectivity index (χ4n) is 4.47. The lowest BCUT2D eigenvalue weighted by atomic mass is 9.80. The quantitative estimate of drug-likeness (QED) is 0.539. The lowest BCUT2D eigenvalue weighted by molar-refractivity contribution is -0.361. The first kappa shape index (κ1) is 26.7. The number of rotatable bonds is 6. The van der Waals surface area contributed by atoms with Crippen LogP contribution in [0.1, 0.15) is 49.5 Å². The second-order valence-electron chi connectivity index (χ2n) is 10.7. The summed E-state index contributed by atoms with van der Waals surface area (Å²) < 4.78 is 20.6. The van der Waals surface area contributed by atoms with Crippen LogP contribution in [0.4, 0.5) is 15.9 Å². The summed E-state index contributed by atoms with van der Waals surface area (Å²) >= 11 is 0. The topological polar surface area (TPSA) is 93.6 Å². The highest BCUT2D eigenvalue weighted by atomic mass is 19.1. The summed E-state index contributed by atoms with van der Waals surface area (Å²) in [5, 5.41) is 8.91. The average Bonchev–Trinajstić information content (AvgIpc) is 2.86. The molecule has 1 aromatic heterocycles. The Kier molecular flexibility index (Phi) is 8.19. The summed E-state index contributed by atoms with van der Waals surface area (Å²) in [4.78, 5) is 29.5. The van der Waals surface area contributed by atoms with Crippen molar-refractivity contribution in [1.82, 2.24) is 5.32 Å². The van der Waals surface area contributed by atoms with Crippen LogP contribution in [0.3, 0.4) is 0 Å². The molecular formula is C29H36FN4O3+. The van der Waals surface area contributed by atoms with Crippen molar-refractivity contribution in [3.8, 4) is 0 Å². The van der Waals surface area contributed by atoms with Crippen molar-refractivity contribution in [3.05, 3.63) is 77.3 Å². The van der Waals surface area contributed by atoms with Crippen LogP contribution in [0, 0.1) is 24.1 Å². The third-order valence-corrected chi connectivity index (χ3v) is 6.69. The normalized spacial score (nSPS) is 20.3. The SMILES string of the molecule is Cc1ccc(NC(=O)c2cc(F)ccc2NC(=O)C2C=CC(C(C)(C)C)=CC2OC2CCNCC2)[nH+]c1. The molecule has 2 unspecified atom stereocenters. The zero-order valence-corrected chi connectivity index (χ0v) is 21.9. The van der Waals surface area contributed by atoms with Gasteiger partial charge in [0.15, 0.2) is 0 Å². The second kappa shape index (κ2) is 11.4. The molecule has 4 N–H and O–H groups in total. The van der Waals surface area contributed by atoms with Crippen molar-refractivity contribution in [2.75, 3.05) is 23.7 Å². The number of ether oxygens (including phenoxy) is 1. The first-order chi connectivity index (χ1) is 17.6. The Labute approximate surface area is 217 Å². The zero-order chi connectivity index (χ0) is 26.6. The molecule has 4 rings (SSSR count). The van der Waals surface area contributed by atoms with Crippen molar-refractivity contribution in [1.29, 1.82) is 0 Å². The van der Waals surface area contributed by atoms with Gasteiger partial charge in [-0.1, -0.05) is 39.0 Å². The van der Waals surface area contributed by atoms with E-state index in [-0.39, 0.29) is 28.7 Å². The molecule has 1 aliphatic carbocycles. The maximum atomic E-state index is 14.1. The number of pyridine rings is 1. The van der Waals surface area contributed by atoms with Crippen LogP contribution in [-0.2, 0) is 9.53 Å². The molecule has 0 radical (unpaired) electrons. The van der Waals surface area contributed by atoms with Crippen molar-refractivity contribution in [3.63, 3.8) is 0 Å². The van der Waals surface area contributed by atoms with E-state index in [4.69, 9.17) is 4.74 Å². The molecule has 1 aliphatic heterocycles. The van der Waals surface area contributed by atoms with Gasteiger partial charge < -0.3 is 15.4 Å². The molecule has 0 saturated carbocycles. The maximum Gasteiger partial charge on any atom is 0.341 e. The van der Waals surface area contributed by atoms with Crippen LogP contribution >= 0.6 is 0 Å². The Hall–Kier alpha value is -3.36. The summed E-state index contributed by atoms with van der Waals surface area (Å²) in [7, 11) is 0. The molecule has 2 atom stereocenters. The van der Waals surface area contributed by atoms with Gasteiger partial charge in [0.05, 0.1) is 35.6 Å². The monoisotopic (exact) mass is 507 g/mol. The van der Waals surface area contributed by atoms with Gasteiger partial charge in [-0.2, -0.15) is 0 Å². The van der Waals surface area contributed by atoms with Crippen LogP contribution < -0.4 is 20.9 Å². The highest BCUT2D eigenvalue weighted by Crippen LogP contribution is 2.33. The number of anilines is 2. The number of aryl methyl sites for hydroxylation is 1. The summed E-state index contributed by atoms with van der Waals surface area (Å²) in [6.07, 6.45) is 9.01. The standard InChI is InChI=1S/C29H35FN4O3/c1-18-5-10-26(32-17-18)34-28(36)23-16-20(30)7-9-24(23)33-27(35)22-8-6-19(29(2,3)4)15-25(22)37-21-11-13-31-14-12-21/h5-10,15-17,21-22,25,31H,11-14H2,1-4H3,(H,33,35)(H,32,34,36)/p+1. The molecule has 196 valence electrons. The van der Waals surface area contributed by atoms with Gasteiger partial charge in [-0.25, -0.2) is 19.5 Å². The van der Waals surface area contributed by atoms with Crippen LogP contribution in [0.5, 0.6) is 0 Å². The molecule has 1 saturated heterocycles. The molecule has 1 fully saturated rings. The Morgan fingerprint density at radius 3 is 2.54 bits per heavy atom. The highest BCUT2D eigenvalue weighted by molar-refractivity contribution is 6.10. The van der Waals surface area contributed by atoms with Gasteiger partial charge in [0.1, 0.15) is 5.82 Å². The number of carbonyl (C=O) groups is 2. The van der Waals surface area contributed by atoms with Crippen LogP contribution in [0.15, 0.2) is 60.3 Å². The average molecular weight is 508 g/mol. The predicted molar refractivity (Wildman–Crippen MR) is 142 cm³/mol. The fourth-order valence-corrected chi connectivity index (χ4v) is 4.47. The number of hydrogen-bond donors (Lipinski definition) is 3. The molecule has 37 heavy (non-hydrogen) atoms. The summed E-state index contributed by atoms with van der Waals surface area (Å²) in [5.74, 6) is -1.55. The van der Waals surface area contributed by atoms with E-state index >= 15 is 0 Å². The lowest BCUT2D eigenvalue weighted by Crippen LogP contribution is -2.40. The minimum Gasteiger partial charge on any atom is -0.370 e. The molecule has 2 heterocycles. The largest absolute Gasteiger partial charge is 0.370 e. The van der Waals surface area contributed by atoms with Crippen LogP contribution in [-0.4, -0.2) is 37.1 Å². The second-order valence-corrected chi connectivity index (χ2v) is 10.7. The number of carbonyl (C=O) groups excluding carboxylic acids is 2. The molecule has 0 bridgehead atoms. The predicted octanol–water partition coefficient (Wildman–Crippen LogP) is 4.43. The number of allylic oxidation sites excluding steroid dienone is 2. The van der Waals surface area contributed by atoms with Gasteiger partial charge in [-0.3, -0.25) is 4.79 Å². The summed E-state index contributed by atoms with van der Waals surface area (Å²) in [5.41, 5.74) is 2.27. The van der Waals surface area contributed by atoms with E-state index in [0.29, 0.717) is 5.82 Å². The highest BCUT2D eigenvalue weighted by Gasteiger charge is 2.33. The third-order valence-electron chi connectivity index (χ3n) is 6.69. The first-order valence-electron chi connectivity index (χ1n) is 12.8. The molecule has 1 aromatic carbocycles. The number of aromatic amines is 1. The number of hydrogen-bond acceptors (Lipinski definition) is 4. The molecular weight excluding hydrogens is 471 g/mol. The third kappa shape index (κ3) is 6.90. The molecule has 7 nitrogen and oxygen atoms in total. The van der Waals surface area contributed by atoms with Crippen LogP contribution in [0.2, 0.25) is 0 Å². The maximum absolute atomic E-state index is 14.1. The Morgan fingerprint density at radius 1 is 1.11 bits per heavy atom. The van der Waals surface area contributed by atoms with Gasteiger partial charge in [-0.05, 0) is 73.7 Å². The Morgan fingerprint density at radius 2 is 1.86 bits per heavy atom. The van der Waals surface area contributed by atoms with E-state index < -0.39 is 23.7 Å². The Bertz CT molecular complexity index is 1190. The number of H-pyrrole nitrogens is 1. The van der Waals surface area contributed by atoms with Gasteiger partial charge in [0.2, 0.25) is 5.91 Å². The van der Waals surface area contributed by atoms with Crippen molar-refractivity contribution >= 4 is 23.3 Å². The van der Waals surface area contributed by atoms with E-state index in [9.17, 15) is 14.0 Å². The molecule has 8 heteroatoms. The van der Waals surface area contributed by atoms with E-state index in [1.165, 1.54) is 12.1 Å². The van der Waals surface area contributed by atoms with Gasteiger partial charge in [-0.15, -0.1) is 0 Å². The molecule has 2 aliphatic rings. The summed E-state index contributed by atoms with van der Waals surface area (Å²) in [6.45, 7) is 10.1. The number of aromatic nitrogens is 1. The minimum atomic E-state index is -0.590. The zero-order valence-electron chi connectivity index (χ0n) is 21.9. The fraction of sp³-hybridized carbons (Fsp3) is 0.414. The van der Waals surface area contributed by atoms with E-state index in [1.54, 1.807) is 12.3 Å². The first-order valence-corrected chi connectivity index (χ1v) is 12.8. The van der Waals surface area contributed by atoms with Crippen molar-refractivity contribution < 1.29 is 23.7 Å². The van der Waals surface area contributed by atoms with E-state index in [2.05, 4.69) is 41.7 Å². The number of halogens is 1. The number of nitrogens with one attached hydrogen (secondary N) is 4. The Balaban J connectivity index is 1.55. The minimum absolute atomic E-state index is 0.0314. The number of amides is 2. The van der Waals surface area contributed by atoms with Gasteiger partial charge in [0.25, 0.3) is 5.82 Å². The smallest absolute Gasteiger partial charge is 0.341 e. The van der Waals surface area contributed by atoms with E-state index in [1.807, 2.05) is 31.2 Å². The van der Waals surface area contributed by atoms with Gasteiger partial charge >= 0.3 is 5.91 Å². The van der Waals surface area contributed by atoms with E-state index in [0.717, 1.165) is 43.1 Å². The summed E-state index contributed by atoms with van der Waals surface area (Å²) in [6, 6.07) is 7.32. The van der Waals surface area contributed by atoms with Crippen molar-refractivity contribution in [2.24, 2.45) is 11.3 Å². The molecule has 0 spiro atoms. The van der Waals surface area contributed by atoms with Crippen LogP contribution in [0.25, 0.3) is 0 Å². The lowest BCUT2D eigenvalue weighted by Gasteiger charge is -2.34. The number of piperidine rings is 1. The molecule has 2 amide bonds. The molecule has 2 aromatic rings. The number of benzene rings is 1. The van der Waals surface area contributed by atoms with Gasteiger partial charge in [0, 0.05) is 6.07 Å².